The highest BCUT2D eigenvalue weighted by atomic mass is 79.9. The molecule has 0 aliphatic carbocycles. The van der Waals surface area contributed by atoms with Gasteiger partial charge in [0.15, 0.2) is 5.82 Å². The monoisotopic (exact) mass is 370 g/mol. The molecule has 0 fully saturated rings. The minimum atomic E-state index is 0.608. The second kappa shape index (κ2) is 6.90. The minimum Gasteiger partial charge on any atom is -0.312 e. The lowest BCUT2D eigenvalue weighted by molar-refractivity contribution is 0.552. The van der Waals surface area contributed by atoms with Crippen LogP contribution in [0.5, 0.6) is 0 Å². The van der Waals surface area contributed by atoms with Gasteiger partial charge in [-0.3, -0.25) is 0 Å². The predicted octanol–water partition coefficient (Wildman–Crippen LogP) is 4.05. The van der Waals surface area contributed by atoms with E-state index in [1.54, 1.807) is 4.68 Å². The third kappa shape index (κ3) is 3.84. The van der Waals surface area contributed by atoms with Crippen molar-refractivity contribution >= 4 is 27.5 Å². The van der Waals surface area contributed by atoms with E-state index in [0.717, 1.165) is 34.5 Å². The maximum absolute atomic E-state index is 6.37. The van der Waals surface area contributed by atoms with Crippen molar-refractivity contribution in [2.45, 2.75) is 34.2 Å². The zero-order valence-electron chi connectivity index (χ0n) is 12.7. The Morgan fingerprint density at radius 2 is 2.10 bits per heavy atom. The Morgan fingerprint density at radius 1 is 1.38 bits per heavy atom. The van der Waals surface area contributed by atoms with Gasteiger partial charge in [0.1, 0.15) is 0 Å². The Balaban J connectivity index is 2.21. The molecule has 2 rings (SSSR count). The molecule has 4 nitrogen and oxygen atoms in total. The molecule has 0 saturated heterocycles. The van der Waals surface area contributed by atoms with Gasteiger partial charge in [0.05, 0.1) is 20.9 Å². The molecule has 0 radical (unpaired) electrons. The molecule has 114 valence electrons. The van der Waals surface area contributed by atoms with Gasteiger partial charge >= 0.3 is 0 Å². The lowest BCUT2D eigenvalue weighted by atomic mass is 10.2. The van der Waals surface area contributed by atoms with E-state index in [1.165, 1.54) is 0 Å². The van der Waals surface area contributed by atoms with E-state index >= 15 is 0 Å². The van der Waals surface area contributed by atoms with Crippen LogP contribution < -0.4 is 5.32 Å². The molecule has 1 N–H and O–H groups in total. The van der Waals surface area contributed by atoms with Gasteiger partial charge in [-0.05, 0) is 53.9 Å². The average molecular weight is 372 g/mol. The molecule has 2 aromatic rings. The van der Waals surface area contributed by atoms with Gasteiger partial charge in [-0.15, -0.1) is 0 Å². The highest BCUT2D eigenvalue weighted by molar-refractivity contribution is 9.10. The second-order valence-electron chi connectivity index (χ2n) is 5.57. The number of pyridine rings is 1. The summed E-state index contributed by atoms with van der Waals surface area (Å²) < 4.78 is 2.76. The molecular formula is C15H20BrClN4. The topological polar surface area (TPSA) is 42.7 Å². The first-order valence-electron chi connectivity index (χ1n) is 6.97. The molecule has 6 heteroatoms. The smallest absolute Gasteiger partial charge is 0.172 e. The van der Waals surface area contributed by atoms with Crippen LogP contribution in [0.3, 0.4) is 0 Å². The summed E-state index contributed by atoms with van der Waals surface area (Å²) in [6, 6.07) is 1.95. The number of nitrogens with one attached hydrogen (secondary N) is 1. The van der Waals surface area contributed by atoms with E-state index < -0.39 is 0 Å². The number of halogens is 2. The SMILES string of the molecule is Cc1nn(-c2ncc(CNCC(C)C)cc2Cl)c(C)c1Br. The molecule has 0 aromatic carbocycles. The normalized spacial score (nSPS) is 11.4. The Labute approximate surface area is 139 Å². The Kier molecular flexibility index (Phi) is 5.41. The summed E-state index contributed by atoms with van der Waals surface area (Å²) in [6.07, 6.45) is 1.85. The maximum Gasteiger partial charge on any atom is 0.172 e. The summed E-state index contributed by atoms with van der Waals surface area (Å²) in [7, 11) is 0. The van der Waals surface area contributed by atoms with Gasteiger partial charge in [0, 0.05) is 12.7 Å². The van der Waals surface area contributed by atoms with Crippen molar-refractivity contribution in [2.24, 2.45) is 5.92 Å². The summed E-state index contributed by atoms with van der Waals surface area (Å²) in [5.74, 6) is 1.29. The first kappa shape index (κ1) is 16.5. The van der Waals surface area contributed by atoms with E-state index in [-0.39, 0.29) is 0 Å². The van der Waals surface area contributed by atoms with Crippen LogP contribution in [0.4, 0.5) is 0 Å². The molecule has 0 aliphatic rings. The van der Waals surface area contributed by atoms with Gasteiger partial charge in [-0.1, -0.05) is 25.4 Å². The number of nitrogens with zero attached hydrogens (tertiary/aromatic N) is 3. The molecule has 2 aromatic heterocycles. The Bertz CT molecular complexity index is 637. The summed E-state index contributed by atoms with van der Waals surface area (Å²) >= 11 is 9.89. The quantitative estimate of drug-likeness (QED) is 0.862. The number of rotatable bonds is 5. The van der Waals surface area contributed by atoms with E-state index in [1.807, 2.05) is 26.1 Å². The largest absolute Gasteiger partial charge is 0.312 e. The molecule has 2 heterocycles. The fraction of sp³-hybridized carbons (Fsp3) is 0.467. The van der Waals surface area contributed by atoms with Crippen molar-refractivity contribution in [1.82, 2.24) is 20.1 Å². The molecule has 0 amide bonds. The van der Waals surface area contributed by atoms with Gasteiger partial charge < -0.3 is 5.32 Å². The predicted molar refractivity (Wildman–Crippen MR) is 90.1 cm³/mol. The molecule has 0 unspecified atom stereocenters. The third-order valence-corrected chi connectivity index (χ3v) is 4.59. The van der Waals surface area contributed by atoms with Crippen molar-refractivity contribution in [3.05, 3.63) is 38.7 Å². The molecular weight excluding hydrogens is 352 g/mol. The van der Waals surface area contributed by atoms with Crippen LogP contribution in [0.25, 0.3) is 5.82 Å². The molecule has 0 aliphatic heterocycles. The molecule has 0 bridgehead atoms. The van der Waals surface area contributed by atoms with Crippen LogP contribution in [0.15, 0.2) is 16.7 Å². The number of hydrogen-bond acceptors (Lipinski definition) is 3. The highest BCUT2D eigenvalue weighted by Gasteiger charge is 2.14. The van der Waals surface area contributed by atoms with Crippen molar-refractivity contribution in [1.29, 1.82) is 0 Å². The van der Waals surface area contributed by atoms with E-state index in [4.69, 9.17) is 11.6 Å². The lowest BCUT2D eigenvalue weighted by Gasteiger charge is -2.10. The second-order valence-corrected chi connectivity index (χ2v) is 6.77. The van der Waals surface area contributed by atoms with Gasteiger partial charge in [0.2, 0.25) is 0 Å². The van der Waals surface area contributed by atoms with Crippen molar-refractivity contribution < 1.29 is 0 Å². The first-order valence-corrected chi connectivity index (χ1v) is 8.14. The third-order valence-electron chi connectivity index (χ3n) is 3.16. The number of aryl methyl sites for hydroxylation is 1. The van der Waals surface area contributed by atoms with Crippen LogP contribution in [0.2, 0.25) is 5.02 Å². The van der Waals surface area contributed by atoms with E-state index in [9.17, 15) is 0 Å². The number of aromatic nitrogens is 3. The summed E-state index contributed by atoms with van der Waals surface area (Å²) in [4.78, 5) is 4.47. The molecule has 0 saturated carbocycles. The Morgan fingerprint density at radius 3 is 2.62 bits per heavy atom. The molecule has 0 spiro atoms. The summed E-state index contributed by atoms with van der Waals surface area (Å²) in [5.41, 5.74) is 2.99. The van der Waals surface area contributed by atoms with Crippen LogP contribution in [0.1, 0.15) is 30.8 Å². The van der Waals surface area contributed by atoms with Crippen LogP contribution in [-0.4, -0.2) is 21.3 Å². The molecule has 0 atom stereocenters. The fourth-order valence-corrected chi connectivity index (χ4v) is 2.57. The maximum atomic E-state index is 6.37. The van der Waals surface area contributed by atoms with Gasteiger partial charge in [-0.25, -0.2) is 9.67 Å². The average Bonchev–Trinajstić information content (AvgIpc) is 2.66. The van der Waals surface area contributed by atoms with Crippen molar-refractivity contribution in [3.8, 4) is 5.82 Å². The van der Waals surface area contributed by atoms with Gasteiger partial charge in [-0.2, -0.15) is 5.10 Å². The zero-order valence-corrected chi connectivity index (χ0v) is 15.1. The van der Waals surface area contributed by atoms with Crippen molar-refractivity contribution in [2.75, 3.05) is 6.54 Å². The van der Waals surface area contributed by atoms with Crippen LogP contribution in [0, 0.1) is 19.8 Å². The Hall–Kier alpha value is -0.910. The lowest BCUT2D eigenvalue weighted by Crippen LogP contribution is -2.19. The van der Waals surface area contributed by atoms with E-state index in [2.05, 4.69) is 45.2 Å². The number of hydrogen-bond donors (Lipinski definition) is 1. The highest BCUT2D eigenvalue weighted by Crippen LogP contribution is 2.26. The fourth-order valence-electron chi connectivity index (χ4n) is 2.06. The minimum absolute atomic E-state index is 0.608. The zero-order chi connectivity index (χ0) is 15.6. The van der Waals surface area contributed by atoms with Crippen LogP contribution in [-0.2, 0) is 6.54 Å². The molecule has 21 heavy (non-hydrogen) atoms. The summed E-state index contributed by atoms with van der Waals surface area (Å²) in [5, 5.41) is 8.45. The van der Waals surface area contributed by atoms with Crippen molar-refractivity contribution in [3.63, 3.8) is 0 Å². The van der Waals surface area contributed by atoms with E-state index in [0.29, 0.717) is 16.8 Å². The standard InChI is InChI=1S/C15H20BrClN4/c1-9(2)6-18-7-12-5-13(17)15(19-8-12)21-11(4)14(16)10(3)20-21/h5,8-9,18H,6-7H2,1-4H3. The van der Waals surface area contributed by atoms with Gasteiger partial charge in [0.25, 0.3) is 0 Å². The summed E-state index contributed by atoms with van der Waals surface area (Å²) in [6.45, 7) is 10.0. The first-order chi connectivity index (χ1) is 9.90. The van der Waals surface area contributed by atoms with Crippen LogP contribution >= 0.6 is 27.5 Å².